The number of nitrogens with zero attached hydrogens (tertiary/aromatic N) is 2. The maximum absolute atomic E-state index is 14.2. The van der Waals surface area contributed by atoms with Crippen LogP contribution in [0, 0.1) is 23.7 Å². The monoisotopic (exact) mass is 709 g/mol. The molecule has 0 aliphatic carbocycles. The molecular weight excluding hydrogens is 662 g/mol. The highest BCUT2D eigenvalue weighted by Gasteiger charge is 2.48. The van der Waals surface area contributed by atoms with E-state index in [0.29, 0.717) is 42.6 Å². The number of aromatic amines is 1. The quantitative estimate of drug-likeness (QED) is 0.176. The summed E-state index contributed by atoms with van der Waals surface area (Å²) in [6.07, 6.45) is 4.93. The lowest BCUT2D eigenvalue weighted by Gasteiger charge is -2.40. The second-order valence-corrected chi connectivity index (χ2v) is 15.0. The van der Waals surface area contributed by atoms with Crippen LogP contribution in [-0.2, 0) is 33.6 Å². The summed E-state index contributed by atoms with van der Waals surface area (Å²) in [5.41, 5.74) is 4.70. The topological polar surface area (TPSA) is 115 Å². The summed E-state index contributed by atoms with van der Waals surface area (Å²) >= 11 is 6.19. The van der Waals surface area contributed by atoms with Crippen molar-refractivity contribution in [2.45, 2.75) is 52.0 Å². The SMILES string of the molecule is CNC(=O)[C@H](CCCc1ccccc1)NC(=O)C1CN(C(=O)Cc2c[nH]c3cc(Cl)ccc23)CC2CN(C(=O)c3ccc(CC(C)C)cc3)CC21. The summed E-state index contributed by atoms with van der Waals surface area (Å²) in [5.74, 6) is -0.961. The molecule has 4 atom stereocenters. The first-order chi connectivity index (χ1) is 24.6. The first-order valence-electron chi connectivity index (χ1n) is 18.1. The van der Waals surface area contributed by atoms with Crippen LogP contribution < -0.4 is 10.6 Å². The lowest BCUT2D eigenvalue weighted by atomic mass is 9.79. The molecule has 0 bridgehead atoms. The van der Waals surface area contributed by atoms with E-state index in [-0.39, 0.29) is 48.4 Å². The van der Waals surface area contributed by atoms with Crippen LogP contribution in [0.1, 0.15) is 53.7 Å². The van der Waals surface area contributed by atoms with E-state index in [1.807, 2.05) is 71.8 Å². The van der Waals surface area contributed by atoms with Gasteiger partial charge in [0.2, 0.25) is 17.7 Å². The van der Waals surface area contributed by atoms with Crippen molar-refractivity contribution >= 4 is 46.1 Å². The maximum atomic E-state index is 14.2. The average Bonchev–Trinajstić information content (AvgIpc) is 3.74. The van der Waals surface area contributed by atoms with Gasteiger partial charge in [-0.3, -0.25) is 19.2 Å². The molecule has 10 heteroatoms. The number of piperidine rings is 1. The molecule has 268 valence electrons. The van der Waals surface area contributed by atoms with Crippen molar-refractivity contribution in [1.82, 2.24) is 25.4 Å². The number of hydrogen-bond acceptors (Lipinski definition) is 4. The number of hydrogen-bond donors (Lipinski definition) is 3. The van der Waals surface area contributed by atoms with Gasteiger partial charge in [0.05, 0.1) is 12.3 Å². The van der Waals surface area contributed by atoms with Crippen LogP contribution in [0.4, 0.5) is 0 Å². The molecule has 4 amide bonds. The van der Waals surface area contributed by atoms with Crippen LogP contribution in [0.25, 0.3) is 10.9 Å². The number of likely N-dealkylation sites (N-methyl/N-ethyl adjacent to an activating group) is 1. The first kappa shape index (κ1) is 36.2. The highest BCUT2D eigenvalue weighted by Crippen LogP contribution is 2.37. The third-order valence-electron chi connectivity index (χ3n) is 10.5. The van der Waals surface area contributed by atoms with Crippen LogP contribution in [0.15, 0.2) is 79.0 Å². The number of carbonyl (C=O) groups excluding carboxylic acids is 4. The summed E-state index contributed by atoms with van der Waals surface area (Å²) in [5, 5.41) is 7.31. The molecule has 0 saturated carbocycles. The zero-order chi connectivity index (χ0) is 36.1. The number of likely N-dealkylation sites (tertiary alicyclic amines) is 2. The number of benzene rings is 3. The van der Waals surface area contributed by atoms with E-state index < -0.39 is 12.0 Å². The summed E-state index contributed by atoms with van der Waals surface area (Å²) in [7, 11) is 1.57. The van der Waals surface area contributed by atoms with Gasteiger partial charge in [-0.1, -0.05) is 74.0 Å². The fourth-order valence-corrected chi connectivity index (χ4v) is 7.99. The third-order valence-corrected chi connectivity index (χ3v) is 10.7. The number of carbonyl (C=O) groups is 4. The molecule has 3 N–H and O–H groups in total. The molecule has 4 aromatic rings. The Labute approximate surface area is 305 Å². The van der Waals surface area contributed by atoms with Gasteiger partial charge in [0.15, 0.2) is 0 Å². The molecule has 2 fully saturated rings. The van der Waals surface area contributed by atoms with E-state index in [1.54, 1.807) is 11.9 Å². The van der Waals surface area contributed by atoms with E-state index in [1.165, 1.54) is 11.1 Å². The van der Waals surface area contributed by atoms with E-state index in [4.69, 9.17) is 11.6 Å². The van der Waals surface area contributed by atoms with E-state index in [2.05, 4.69) is 41.6 Å². The van der Waals surface area contributed by atoms with E-state index >= 15 is 0 Å². The van der Waals surface area contributed by atoms with Gasteiger partial charge in [-0.2, -0.15) is 0 Å². The maximum Gasteiger partial charge on any atom is 0.253 e. The largest absolute Gasteiger partial charge is 0.361 e. The van der Waals surface area contributed by atoms with Crippen LogP contribution in [0.5, 0.6) is 0 Å². The first-order valence-corrected chi connectivity index (χ1v) is 18.4. The number of H-pyrrole nitrogens is 1. The fraction of sp³-hybridized carbons (Fsp3) is 0.415. The summed E-state index contributed by atoms with van der Waals surface area (Å²) in [4.78, 5) is 61.8. The lowest BCUT2D eigenvalue weighted by molar-refractivity contribution is -0.140. The Morgan fingerprint density at radius 2 is 1.65 bits per heavy atom. The molecule has 6 rings (SSSR count). The second-order valence-electron chi connectivity index (χ2n) is 14.6. The molecule has 3 unspecified atom stereocenters. The summed E-state index contributed by atoms with van der Waals surface area (Å²) in [6.45, 7) is 5.88. The molecule has 3 aromatic carbocycles. The number of aryl methyl sites for hydroxylation is 1. The average molecular weight is 710 g/mol. The van der Waals surface area contributed by atoms with Crippen molar-refractivity contribution in [1.29, 1.82) is 0 Å². The van der Waals surface area contributed by atoms with Crippen LogP contribution in [0.3, 0.4) is 0 Å². The Bertz CT molecular complexity index is 1860. The smallest absolute Gasteiger partial charge is 0.253 e. The molecule has 9 nitrogen and oxygen atoms in total. The van der Waals surface area contributed by atoms with Gasteiger partial charge in [0, 0.05) is 60.9 Å². The summed E-state index contributed by atoms with van der Waals surface area (Å²) < 4.78 is 0. The highest BCUT2D eigenvalue weighted by atomic mass is 35.5. The van der Waals surface area contributed by atoms with Crippen LogP contribution in [-0.4, -0.2) is 77.7 Å². The Morgan fingerprint density at radius 1 is 0.902 bits per heavy atom. The minimum Gasteiger partial charge on any atom is -0.361 e. The Morgan fingerprint density at radius 3 is 2.37 bits per heavy atom. The second kappa shape index (κ2) is 16.1. The Kier molecular flexibility index (Phi) is 11.5. The predicted octanol–water partition coefficient (Wildman–Crippen LogP) is 5.66. The van der Waals surface area contributed by atoms with Crippen molar-refractivity contribution in [2.24, 2.45) is 23.7 Å². The van der Waals surface area contributed by atoms with Crippen LogP contribution >= 0.6 is 11.6 Å². The Balaban J connectivity index is 1.20. The van der Waals surface area contributed by atoms with Crippen molar-refractivity contribution in [3.8, 4) is 0 Å². The zero-order valence-electron chi connectivity index (χ0n) is 29.7. The van der Waals surface area contributed by atoms with Gasteiger partial charge in [-0.05, 0) is 84.4 Å². The van der Waals surface area contributed by atoms with Gasteiger partial charge < -0.3 is 25.4 Å². The predicted molar refractivity (Wildman–Crippen MR) is 200 cm³/mol. The standard InChI is InChI=1S/C41H48ClN5O4/c1-26(2)18-28-12-14-29(15-13-28)41(51)47-23-31-22-46(38(48)19-30-21-44-37-20-32(42)16-17-33(30)37)25-35(34(31)24-47)39(49)45-36(40(50)43-3)11-7-10-27-8-5-4-6-9-27/h4-6,8-9,12-17,20-21,26,31,34-36,44H,7,10-11,18-19,22-25H2,1-3H3,(H,43,50)(H,45,49)/t31?,34?,35?,36-/m0/s1. The van der Waals surface area contributed by atoms with Gasteiger partial charge in [-0.15, -0.1) is 0 Å². The molecule has 2 aliphatic heterocycles. The van der Waals surface area contributed by atoms with E-state index in [0.717, 1.165) is 35.7 Å². The number of rotatable bonds is 12. The van der Waals surface area contributed by atoms with E-state index in [9.17, 15) is 19.2 Å². The van der Waals surface area contributed by atoms with Crippen LogP contribution in [0.2, 0.25) is 5.02 Å². The van der Waals surface area contributed by atoms with Crippen molar-refractivity contribution in [3.63, 3.8) is 0 Å². The van der Waals surface area contributed by atoms with Gasteiger partial charge in [-0.25, -0.2) is 0 Å². The van der Waals surface area contributed by atoms with Gasteiger partial charge in [0.25, 0.3) is 5.91 Å². The number of halogens is 1. The molecule has 3 heterocycles. The van der Waals surface area contributed by atoms with Gasteiger partial charge >= 0.3 is 0 Å². The normalized spacial score (nSPS) is 19.2. The van der Waals surface area contributed by atoms with Gasteiger partial charge in [0.1, 0.15) is 6.04 Å². The molecule has 1 aromatic heterocycles. The third kappa shape index (κ3) is 8.64. The lowest BCUT2D eigenvalue weighted by Crippen LogP contribution is -2.56. The van der Waals surface area contributed by atoms with Crippen molar-refractivity contribution in [3.05, 3.63) is 106 Å². The summed E-state index contributed by atoms with van der Waals surface area (Å²) in [6, 6.07) is 22.7. The van der Waals surface area contributed by atoms with Crippen molar-refractivity contribution in [2.75, 3.05) is 33.2 Å². The number of amides is 4. The fourth-order valence-electron chi connectivity index (χ4n) is 7.82. The molecule has 51 heavy (non-hydrogen) atoms. The molecule has 2 aliphatic rings. The minimum atomic E-state index is -0.711. The number of fused-ring (bicyclic) bond motifs is 2. The van der Waals surface area contributed by atoms with Crippen molar-refractivity contribution < 1.29 is 19.2 Å². The molecule has 0 radical (unpaired) electrons. The number of nitrogens with one attached hydrogen (secondary N) is 3. The molecule has 2 saturated heterocycles. The molecule has 0 spiro atoms. The number of aromatic nitrogens is 1. The minimum absolute atomic E-state index is 0.0702. The zero-order valence-corrected chi connectivity index (χ0v) is 30.4. The Hall–Kier alpha value is -4.63. The molecular formula is C41H48ClN5O4. The highest BCUT2D eigenvalue weighted by molar-refractivity contribution is 6.31.